The van der Waals surface area contributed by atoms with Gasteiger partial charge in [0.25, 0.3) is 0 Å². The molecule has 0 aromatic carbocycles. The van der Waals surface area contributed by atoms with Crippen LogP contribution in [0.3, 0.4) is 0 Å². The number of nitrogens with zero attached hydrogens (tertiary/aromatic N) is 1. The highest BCUT2D eigenvalue weighted by atomic mass is 16.4. The SMILES string of the molecule is CNCCCC1CCN(C(=O)O)C(C(C)(C)C)C1. The first-order valence-electron chi connectivity index (χ1n) is 7.00. The van der Waals surface area contributed by atoms with Gasteiger partial charge < -0.3 is 15.3 Å². The van der Waals surface area contributed by atoms with E-state index in [9.17, 15) is 9.90 Å². The van der Waals surface area contributed by atoms with Crippen molar-refractivity contribution in [1.82, 2.24) is 10.2 Å². The van der Waals surface area contributed by atoms with E-state index in [1.807, 2.05) is 7.05 Å². The zero-order chi connectivity index (χ0) is 13.8. The molecule has 0 spiro atoms. The van der Waals surface area contributed by atoms with Gasteiger partial charge in [-0.15, -0.1) is 0 Å². The quantitative estimate of drug-likeness (QED) is 0.760. The molecular weight excluding hydrogens is 228 g/mol. The predicted molar refractivity (Wildman–Crippen MR) is 73.9 cm³/mol. The number of piperidine rings is 1. The van der Waals surface area contributed by atoms with Gasteiger partial charge in [-0.1, -0.05) is 20.8 Å². The first kappa shape index (κ1) is 15.3. The van der Waals surface area contributed by atoms with E-state index in [0.29, 0.717) is 12.5 Å². The topological polar surface area (TPSA) is 52.6 Å². The molecule has 106 valence electrons. The van der Waals surface area contributed by atoms with Gasteiger partial charge in [0.15, 0.2) is 0 Å². The molecule has 4 heteroatoms. The van der Waals surface area contributed by atoms with Crippen LogP contribution in [0.5, 0.6) is 0 Å². The summed E-state index contributed by atoms with van der Waals surface area (Å²) in [6.07, 6.45) is 3.66. The van der Waals surface area contributed by atoms with Crippen molar-refractivity contribution in [1.29, 1.82) is 0 Å². The second-order valence-corrected chi connectivity index (χ2v) is 6.49. The molecule has 0 bridgehead atoms. The Morgan fingerprint density at radius 1 is 1.44 bits per heavy atom. The van der Waals surface area contributed by atoms with Crippen molar-refractivity contribution in [2.24, 2.45) is 11.3 Å². The van der Waals surface area contributed by atoms with Crippen molar-refractivity contribution in [3.63, 3.8) is 0 Å². The minimum absolute atomic E-state index is 0.0278. The molecular formula is C14H28N2O2. The van der Waals surface area contributed by atoms with Crippen LogP contribution in [-0.2, 0) is 0 Å². The molecule has 1 amide bonds. The summed E-state index contributed by atoms with van der Waals surface area (Å²) in [5, 5.41) is 12.5. The minimum atomic E-state index is -0.761. The van der Waals surface area contributed by atoms with Gasteiger partial charge in [-0.25, -0.2) is 4.79 Å². The summed E-state index contributed by atoms with van der Waals surface area (Å²) < 4.78 is 0. The Morgan fingerprint density at radius 3 is 2.61 bits per heavy atom. The molecule has 18 heavy (non-hydrogen) atoms. The van der Waals surface area contributed by atoms with Gasteiger partial charge in [-0.3, -0.25) is 0 Å². The van der Waals surface area contributed by atoms with Crippen molar-refractivity contribution in [3.05, 3.63) is 0 Å². The van der Waals surface area contributed by atoms with E-state index >= 15 is 0 Å². The zero-order valence-electron chi connectivity index (χ0n) is 12.2. The second kappa shape index (κ2) is 6.41. The molecule has 4 nitrogen and oxygen atoms in total. The minimum Gasteiger partial charge on any atom is -0.465 e. The van der Waals surface area contributed by atoms with Crippen LogP contribution in [0.15, 0.2) is 0 Å². The fraction of sp³-hybridized carbons (Fsp3) is 0.929. The predicted octanol–water partition coefficient (Wildman–Crippen LogP) is 2.79. The molecule has 0 radical (unpaired) electrons. The molecule has 1 rings (SSSR count). The van der Waals surface area contributed by atoms with Crippen LogP contribution in [-0.4, -0.2) is 42.3 Å². The molecule has 2 N–H and O–H groups in total. The van der Waals surface area contributed by atoms with Crippen LogP contribution < -0.4 is 5.32 Å². The number of likely N-dealkylation sites (tertiary alicyclic amines) is 1. The molecule has 2 unspecified atom stereocenters. The second-order valence-electron chi connectivity index (χ2n) is 6.49. The number of hydrogen-bond acceptors (Lipinski definition) is 2. The fourth-order valence-electron chi connectivity index (χ4n) is 2.92. The lowest BCUT2D eigenvalue weighted by atomic mass is 9.76. The smallest absolute Gasteiger partial charge is 0.407 e. The Bertz CT molecular complexity index is 273. The van der Waals surface area contributed by atoms with Crippen LogP contribution >= 0.6 is 0 Å². The fourth-order valence-corrected chi connectivity index (χ4v) is 2.92. The molecule has 0 aromatic rings. The number of carbonyl (C=O) groups is 1. The van der Waals surface area contributed by atoms with E-state index in [1.54, 1.807) is 4.90 Å². The first-order chi connectivity index (χ1) is 8.36. The summed E-state index contributed by atoms with van der Waals surface area (Å²) in [7, 11) is 1.98. The monoisotopic (exact) mass is 256 g/mol. The van der Waals surface area contributed by atoms with Crippen LogP contribution in [0.4, 0.5) is 4.79 Å². The molecule has 1 aliphatic heterocycles. The van der Waals surface area contributed by atoms with Gasteiger partial charge in [-0.2, -0.15) is 0 Å². The summed E-state index contributed by atoms with van der Waals surface area (Å²) in [6.45, 7) is 8.18. The Hall–Kier alpha value is -0.770. The summed E-state index contributed by atoms with van der Waals surface area (Å²) >= 11 is 0. The number of nitrogens with one attached hydrogen (secondary N) is 1. The van der Waals surface area contributed by atoms with Crippen LogP contribution in [0.1, 0.15) is 46.5 Å². The Labute approximate surface area is 111 Å². The van der Waals surface area contributed by atoms with Crippen molar-refractivity contribution in [3.8, 4) is 0 Å². The third kappa shape index (κ3) is 4.16. The van der Waals surface area contributed by atoms with E-state index in [2.05, 4.69) is 26.1 Å². The average Bonchev–Trinajstić information content (AvgIpc) is 2.28. The maximum absolute atomic E-state index is 11.3. The number of carboxylic acid groups (broad SMARTS) is 1. The van der Waals surface area contributed by atoms with Crippen LogP contribution in [0.25, 0.3) is 0 Å². The van der Waals surface area contributed by atoms with E-state index in [-0.39, 0.29) is 11.5 Å². The standard InChI is InChI=1S/C14H28N2O2/c1-14(2,3)12-10-11(6-5-8-15-4)7-9-16(12)13(17)18/h11-12,15H,5-10H2,1-4H3,(H,17,18). The summed E-state index contributed by atoms with van der Waals surface area (Å²) in [5.41, 5.74) is 0.0278. The highest BCUT2D eigenvalue weighted by Gasteiger charge is 2.38. The van der Waals surface area contributed by atoms with Crippen molar-refractivity contribution < 1.29 is 9.90 Å². The van der Waals surface area contributed by atoms with Gasteiger partial charge in [-0.05, 0) is 50.6 Å². The van der Waals surface area contributed by atoms with Crippen molar-refractivity contribution >= 4 is 6.09 Å². The third-order valence-corrected chi connectivity index (χ3v) is 4.00. The Kier molecular flexibility index (Phi) is 5.45. The third-order valence-electron chi connectivity index (χ3n) is 4.00. The summed E-state index contributed by atoms with van der Waals surface area (Å²) in [5.74, 6) is 0.679. The lowest BCUT2D eigenvalue weighted by molar-refractivity contribution is 0.0387. The average molecular weight is 256 g/mol. The van der Waals surface area contributed by atoms with Crippen molar-refractivity contribution in [2.45, 2.75) is 52.5 Å². The zero-order valence-corrected chi connectivity index (χ0v) is 12.2. The van der Waals surface area contributed by atoms with Gasteiger partial charge in [0.1, 0.15) is 0 Å². The Balaban J connectivity index is 2.59. The maximum Gasteiger partial charge on any atom is 0.407 e. The molecule has 0 aromatic heterocycles. The van der Waals surface area contributed by atoms with E-state index < -0.39 is 6.09 Å². The molecule has 1 heterocycles. The van der Waals surface area contributed by atoms with E-state index in [4.69, 9.17) is 0 Å². The highest BCUT2D eigenvalue weighted by Crippen LogP contribution is 2.36. The lowest BCUT2D eigenvalue weighted by Crippen LogP contribution is -2.51. The molecule has 1 aliphatic rings. The molecule has 2 atom stereocenters. The van der Waals surface area contributed by atoms with Crippen LogP contribution in [0, 0.1) is 11.3 Å². The van der Waals surface area contributed by atoms with Crippen molar-refractivity contribution in [2.75, 3.05) is 20.1 Å². The number of hydrogen-bond donors (Lipinski definition) is 2. The Morgan fingerprint density at radius 2 is 2.11 bits per heavy atom. The lowest BCUT2D eigenvalue weighted by Gasteiger charge is -2.44. The molecule has 1 saturated heterocycles. The van der Waals surface area contributed by atoms with E-state index in [0.717, 1.165) is 19.4 Å². The number of amides is 1. The highest BCUT2D eigenvalue weighted by molar-refractivity contribution is 5.65. The first-order valence-corrected chi connectivity index (χ1v) is 7.00. The van der Waals surface area contributed by atoms with Gasteiger partial charge in [0.05, 0.1) is 0 Å². The molecule has 1 fully saturated rings. The summed E-state index contributed by atoms with van der Waals surface area (Å²) in [6, 6.07) is 0.156. The molecule has 0 saturated carbocycles. The summed E-state index contributed by atoms with van der Waals surface area (Å²) in [4.78, 5) is 12.9. The normalized spacial score (nSPS) is 25.2. The van der Waals surface area contributed by atoms with Crippen LogP contribution in [0.2, 0.25) is 0 Å². The largest absolute Gasteiger partial charge is 0.465 e. The van der Waals surface area contributed by atoms with Gasteiger partial charge in [0.2, 0.25) is 0 Å². The number of rotatable bonds is 4. The maximum atomic E-state index is 11.3. The molecule has 0 aliphatic carbocycles. The van der Waals surface area contributed by atoms with Gasteiger partial charge >= 0.3 is 6.09 Å². The van der Waals surface area contributed by atoms with E-state index in [1.165, 1.54) is 12.8 Å². The van der Waals surface area contributed by atoms with Gasteiger partial charge in [0, 0.05) is 12.6 Å².